The third-order valence-corrected chi connectivity index (χ3v) is 2.23. The number of benzene rings is 1. The van der Waals surface area contributed by atoms with Crippen molar-refractivity contribution >= 4 is 5.97 Å². The number of nitrogens with two attached hydrogens (primary N) is 1. The van der Waals surface area contributed by atoms with Crippen LogP contribution in [-0.2, 0) is 16.1 Å². The summed E-state index contributed by atoms with van der Waals surface area (Å²) in [4.78, 5) is 11.2. The fourth-order valence-electron chi connectivity index (χ4n) is 0.989. The van der Waals surface area contributed by atoms with Crippen LogP contribution in [0.3, 0.4) is 0 Å². The monoisotopic (exact) mass is 247 g/mol. The summed E-state index contributed by atoms with van der Waals surface area (Å²) >= 11 is 0. The molecule has 0 heterocycles. The van der Waals surface area contributed by atoms with Crippen LogP contribution >= 0.6 is 0 Å². The summed E-state index contributed by atoms with van der Waals surface area (Å²) in [7, 11) is 0. The van der Waals surface area contributed by atoms with Gasteiger partial charge in [0.05, 0.1) is 0 Å². The Morgan fingerprint density at radius 2 is 1.82 bits per heavy atom. The van der Waals surface area contributed by atoms with Crippen LogP contribution in [0.15, 0.2) is 30.3 Å². The molecule has 1 aromatic rings. The van der Waals surface area contributed by atoms with E-state index in [2.05, 4.69) is 4.74 Å². The van der Waals surface area contributed by atoms with Gasteiger partial charge in [0, 0.05) is 0 Å². The Bertz CT molecular complexity index is 387. The van der Waals surface area contributed by atoms with Gasteiger partial charge in [-0.1, -0.05) is 30.3 Å². The molecule has 0 aliphatic heterocycles. The highest BCUT2D eigenvalue weighted by Gasteiger charge is 2.55. The van der Waals surface area contributed by atoms with Crippen molar-refractivity contribution in [2.75, 3.05) is 0 Å². The van der Waals surface area contributed by atoms with E-state index in [1.54, 1.807) is 30.3 Å². The molecule has 17 heavy (non-hydrogen) atoms. The first-order chi connectivity index (χ1) is 7.75. The van der Waals surface area contributed by atoms with E-state index in [4.69, 9.17) is 5.73 Å². The second-order valence-electron chi connectivity index (χ2n) is 3.76. The number of hydrogen-bond acceptors (Lipinski definition) is 3. The third kappa shape index (κ3) is 3.20. The summed E-state index contributed by atoms with van der Waals surface area (Å²) in [6.45, 7) is 0.350. The van der Waals surface area contributed by atoms with E-state index in [1.165, 1.54) is 0 Å². The number of rotatable bonds is 3. The molecule has 0 amide bonds. The number of alkyl halides is 3. The second kappa shape index (κ2) is 4.75. The molecule has 94 valence electrons. The molecular weight excluding hydrogens is 235 g/mol. The highest BCUT2D eigenvalue weighted by Crippen LogP contribution is 2.29. The summed E-state index contributed by atoms with van der Waals surface area (Å²) in [6, 6.07) is 8.39. The van der Waals surface area contributed by atoms with E-state index in [-0.39, 0.29) is 6.61 Å². The maximum absolute atomic E-state index is 12.4. The Morgan fingerprint density at radius 3 is 2.29 bits per heavy atom. The summed E-state index contributed by atoms with van der Waals surface area (Å²) in [5, 5.41) is 0. The minimum absolute atomic E-state index is 0.234. The van der Waals surface area contributed by atoms with Crippen molar-refractivity contribution in [3.05, 3.63) is 35.9 Å². The van der Waals surface area contributed by atoms with E-state index in [9.17, 15) is 18.0 Å². The molecule has 0 bridgehead atoms. The zero-order valence-corrected chi connectivity index (χ0v) is 9.12. The first-order valence-corrected chi connectivity index (χ1v) is 4.82. The summed E-state index contributed by atoms with van der Waals surface area (Å²) in [5.74, 6) is -1.49. The highest BCUT2D eigenvalue weighted by molar-refractivity contribution is 5.81. The Labute approximate surface area is 96.4 Å². The lowest BCUT2D eigenvalue weighted by molar-refractivity contribution is -0.202. The lowest BCUT2D eigenvalue weighted by Gasteiger charge is -2.25. The minimum atomic E-state index is -4.83. The summed E-state index contributed by atoms with van der Waals surface area (Å²) < 4.78 is 41.7. The van der Waals surface area contributed by atoms with Gasteiger partial charge < -0.3 is 10.5 Å². The van der Waals surface area contributed by atoms with Gasteiger partial charge in [0.15, 0.2) is 0 Å². The van der Waals surface area contributed by atoms with Gasteiger partial charge in [-0.05, 0) is 12.5 Å². The molecule has 0 saturated heterocycles. The average molecular weight is 247 g/mol. The quantitative estimate of drug-likeness (QED) is 0.831. The van der Waals surface area contributed by atoms with Crippen LogP contribution < -0.4 is 5.73 Å². The van der Waals surface area contributed by atoms with Crippen molar-refractivity contribution in [3.63, 3.8) is 0 Å². The van der Waals surface area contributed by atoms with Crippen molar-refractivity contribution in [2.24, 2.45) is 5.73 Å². The topological polar surface area (TPSA) is 52.3 Å². The van der Waals surface area contributed by atoms with Crippen LogP contribution in [0.2, 0.25) is 0 Å². The van der Waals surface area contributed by atoms with Crippen molar-refractivity contribution in [1.82, 2.24) is 0 Å². The van der Waals surface area contributed by atoms with Crippen molar-refractivity contribution in [1.29, 1.82) is 0 Å². The molecule has 1 atom stereocenters. The van der Waals surface area contributed by atoms with Gasteiger partial charge >= 0.3 is 12.1 Å². The Morgan fingerprint density at radius 1 is 1.29 bits per heavy atom. The zero-order valence-electron chi connectivity index (χ0n) is 9.12. The Balaban J connectivity index is 2.62. The fraction of sp³-hybridized carbons (Fsp3) is 0.364. The molecule has 1 rings (SSSR count). The normalized spacial score (nSPS) is 15.1. The fourth-order valence-corrected chi connectivity index (χ4v) is 0.989. The van der Waals surface area contributed by atoms with Crippen LogP contribution in [-0.4, -0.2) is 17.7 Å². The van der Waals surface area contributed by atoms with Crippen LogP contribution in [0, 0.1) is 0 Å². The van der Waals surface area contributed by atoms with Crippen LogP contribution in [0.25, 0.3) is 0 Å². The Hall–Kier alpha value is -1.56. The van der Waals surface area contributed by atoms with Gasteiger partial charge in [-0.3, -0.25) is 0 Å². The van der Waals surface area contributed by atoms with E-state index in [1.807, 2.05) is 0 Å². The van der Waals surface area contributed by atoms with Crippen LogP contribution in [0.4, 0.5) is 13.2 Å². The second-order valence-corrected chi connectivity index (χ2v) is 3.76. The van der Waals surface area contributed by atoms with Gasteiger partial charge in [-0.25, -0.2) is 4.79 Å². The molecule has 0 aliphatic carbocycles. The molecule has 0 aromatic heterocycles. The average Bonchev–Trinajstić information content (AvgIpc) is 2.25. The van der Waals surface area contributed by atoms with Crippen LogP contribution in [0.1, 0.15) is 12.5 Å². The minimum Gasteiger partial charge on any atom is -0.459 e. The molecule has 0 fully saturated rings. The number of carbonyl (C=O) groups is 1. The van der Waals surface area contributed by atoms with Gasteiger partial charge in [0.1, 0.15) is 6.61 Å². The smallest absolute Gasteiger partial charge is 0.416 e. The molecular formula is C11H12F3NO2. The van der Waals surface area contributed by atoms with Gasteiger partial charge in [-0.15, -0.1) is 0 Å². The number of carbonyl (C=O) groups excluding carboxylic acids is 1. The van der Waals surface area contributed by atoms with Crippen LogP contribution in [0.5, 0.6) is 0 Å². The van der Waals surface area contributed by atoms with Crippen molar-refractivity contribution in [2.45, 2.75) is 25.2 Å². The molecule has 0 saturated carbocycles. The van der Waals surface area contributed by atoms with E-state index in [0.29, 0.717) is 12.5 Å². The SMILES string of the molecule is CC(N)(C(=O)OCc1ccccc1)C(F)(F)F. The molecule has 3 nitrogen and oxygen atoms in total. The van der Waals surface area contributed by atoms with Crippen molar-refractivity contribution < 1.29 is 22.7 Å². The Kier molecular flexibility index (Phi) is 3.77. The van der Waals surface area contributed by atoms with E-state index < -0.39 is 17.7 Å². The van der Waals surface area contributed by atoms with Gasteiger partial charge in [0.2, 0.25) is 5.54 Å². The van der Waals surface area contributed by atoms with E-state index in [0.717, 1.165) is 0 Å². The zero-order chi connectivity index (χ0) is 13.1. The lowest BCUT2D eigenvalue weighted by Crippen LogP contribution is -2.57. The third-order valence-electron chi connectivity index (χ3n) is 2.23. The maximum atomic E-state index is 12.4. The molecule has 2 N–H and O–H groups in total. The maximum Gasteiger partial charge on any atom is 0.416 e. The lowest BCUT2D eigenvalue weighted by atomic mass is 10.0. The molecule has 6 heteroatoms. The number of hydrogen-bond donors (Lipinski definition) is 1. The van der Waals surface area contributed by atoms with Crippen molar-refractivity contribution in [3.8, 4) is 0 Å². The molecule has 0 radical (unpaired) electrons. The number of ether oxygens (including phenoxy) is 1. The number of esters is 1. The molecule has 1 aromatic carbocycles. The predicted molar refractivity (Wildman–Crippen MR) is 54.9 cm³/mol. The largest absolute Gasteiger partial charge is 0.459 e. The highest BCUT2D eigenvalue weighted by atomic mass is 19.4. The summed E-state index contributed by atoms with van der Waals surface area (Å²) in [5.41, 5.74) is 2.51. The first-order valence-electron chi connectivity index (χ1n) is 4.82. The van der Waals surface area contributed by atoms with Gasteiger partial charge in [-0.2, -0.15) is 13.2 Å². The molecule has 0 spiro atoms. The van der Waals surface area contributed by atoms with Gasteiger partial charge in [0.25, 0.3) is 0 Å². The van der Waals surface area contributed by atoms with E-state index >= 15 is 0 Å². The first kappa shape index (κ1) is 13.5. The predicted octanol–water partition coefficient (Wildman–Crippen LogP) is 2.01. The molecule has 0 aliphatic rings. The number of halogens is 3. The standard InChI is InChI=1S/C11H12F3NO2/c1-10(15,11(12,13)14)9(16)17-7-8-5-3-2-4-6-8/h2-6H,7,15H2,1H3. The summed E-state index contributed by atoms with van der Waals surface area (Å²) in [6.07, 6.45) is -4.83. The molecule has 1 unspecified atom stereocenters.